The Hall–Kier alpha value is -1.13. The summed E-state index contributed by atoms with van der Waals surface area (Å²) in [6.45, 7) is 6.51. The molecule has 0 aliphatic carbocycles. The monoisotopic (exact) mass is 268 g/mol. The molecule has 0 saturated carbocycles. The van der Waals surface area contributed by atoms with E-state index < -0.39 is 6.10 Å². The highest BCUT2D eigenvalue weighted by atomic mass is 19.1. The van der Waals surface area contributed by atoms with Gasteiger partial charge in [-0.2, -0.15) is 0 Å². The van der Waals surface area contributed by atoms with E-state index in [1.165, 1.54) is 12.1 Å². The molecule has 0 bridgehead atoms. The van der Waals surface area contributed by atoms with Crippen LogP contribution in [0, 0.1) is 5.82 Å². The van der Waals surface area contributed by atoms with Crippen LogP contribution in [0.4, 0.5) is 10.1 Å². The molecule has 4 heteroatoms. The van der Waals surface area contributed by atoms with Crippen molar-refractivity contribution >= 4 is 5.69 Å². The number of rotatable bonds is 7. The van der Waals surface area contributed by atoms with Crippen LogP contribution < -0.4 is 4.90 Å². The van der Waals surface area contributed by atoms with Crippen molar-refractivity contribution in [2.24, 2.45) is 0 Å². The number of benzene rings is 1. The summed E-state index contributed by atoms with van der Waals surface area (Å²) in [5, 5.41) is 9.79. The van der Waals surface area contributed by atoms with Crippen molar-refractivity contribution in [3.8, 4) is 0 Å². The maximum Gasteiger partial charge on any atom is 0.123 e. The molecule has 1 aromatic carbocycles. The minimum Gasteiger partial charge on any atom is -0.389 e. The van der Waals surface area contributed by atoms with E-state index in [0.29, 0.717) is 5.56 Å². The number of halogens is 1. The molecule has 0 heterocycles. The molecule has 1 aromatic rings. The predicted molar refractivity (Wildman–Crippen MR) is 78.1 cm³/mol. The topological polar surface area (TPSA) is 26.7 Å². The molecule has 0 fully saturated rings. The van der Waals surface area contributed by atoms with E-state index in [9.17, 15) is 9.50 Å². The van der Waals surface area contributed by atoms with Gasteiger partial charge in [0.25, 0.3) is 0 Å². The fourth-order valence-corrected chi connectivity index (χ4v) is 2.17. The smallest absolute Gasteiger partial charge is 0.123 e. The van der Waals surface area contributed by atoms with Crippen LogP contribution in [0.1, 0.15) is 31.9 Å². The molecule has 0 aliphatic heterocycles. The van der Waals surface area contributed by atoms with Crippen LogP contribution in [0.15, 0.2) is 18.2 Å². The second kappa shape index (κ2) is 7.46. The summed E-state index contributed by atoms with van der Waals surface area (Å²) in [7, 11) is 4.10. The van der Waals surface area contributed by atoms with Crippen LogP contribution in [-0.4, -0.2) is 43.7 Å². The van der Waals surface area contributed by atoms with Gasteiger partial charge in [0.15, 0.2) is 0 Å². The maximum absolute atomic E-state index is 13.3. The van der Waals surface area contributed by atoms with Crippen LogP contribution in [0.3, 0.4) is 0 Å². The van der Waals surface area contributed by atoms with Gasteiger partial charge in [0, 0.05) is 24.3 Å². The second-order valence-electron chi connectivity index (χ2n) is 5.12. The fraction of sp³-hybridized carbons (Fsp3) is 0.600. The van der Waals surface area contributed by atoms with Crippen LogP contribution in [0.5, 0.6) is 0 Å². The molecule has 3 nitrogen and oxygen atoms in total. The van der Waals surface area contributed by atoms with Crippen LogP contribution in [0.2, 0.25) is 0 Å². The Morgan fingerprint density at radius 1 is 1.26 bits per heavy atom. The number of hydrogen-bond acceptors (Lipinski definition) is 3. The average Bonchev–Trinajstić information content (AvgIpc) is 2.34. The van der Waals surface area contributed by atoms with Gasteiger partial charge < -0.3 is 14.9 Å². The zero-order valence-corrected chi connectivity index (χ0v) is 12.4. The minimum atomic E-state index is -0.659. The van der Waals surface area contributed by atoms with Gasteiger partial charge in [-0.15, -0.1) is 0 Å². The van der Waals surface area contributed by atoms with Crippen LogP contribution >= 0.6 is 0 Å². The summed E-state index contributed by atoms with van der Waals surface area (Å²) < 4.78 is 13.3. The third kappa shape index (κ3) is 4.80. The van der Waals surface area contributed by atoms with E-state index in [1.54, 1.807) is 13.0 Å². The molecule has 1 N–H and O–H groups in total. The Morgan fingerprint density at radius 3 is 2.47 bits per heavy atom. The average molecular weight is 268 g/mol. The molecular formula is C15H25FN2O. The van der Waals surface area contributed by atoms with Gasteiger partial charge in [-0.3, -0.25) is 0 Å². The molecular weight excluding hydrogens is 243 g/mol. The van der Waals surface area contributed by atoms with E-state index in [0.717, 1.165) is 31.7 Å². The summed E-state index contributed by atoms with van der Waals surface area (Å²) >= 11 is 0. The lowest BCUT2D eigenvalue weighted by Gasteiger charge is -2.27. The van der Waals surface area contributed by atoms with Gasteiger partial charge in [-0.25, -0.2) is 4.39 Å². The van der Waals surface area contributed by atoms with E-state index in [2.05, 4.69) is 30.8 Å². The first-order chi connectivity index (χ1) is 8.95. The molecule has 0 spiro atoms. The van der Waals surface area contributed by atoms with Crippen molar-refractivity contribution in [2.75, 3.05) is 38.6 Å². The van der Waals surface area contributed by atoms with Crippen molar-refractivity contribution in [3.63, 3.8) is 0 Å². The molecule has 0 amide bonds. The SMILES string of the molecule is CCN(CCCN(C)C)c1ccc(F)cc1C(C)O. The van der Waals surface area contributed by atoms with Gasteiger partial charge in [0.2, 0.25) is 0 Å². The number of hydrogen-bond donors (Lipinski definition) is 1. The van der Waals surface area contributed by atoms with Gasteiger partial charge in [0.05, 0.1) is 6.10 Å². The Labute approximate surface area is 115 Å². The van der Waals surface area contributed by atoms with Crippen molar-refractivity contribution in [1.29, 1.82) is 0 Å². The lowest BCUT2D eigenvalue weighted by Crippen LogP contribution is -2.28. The number of anilines is 1. The molecule has 0 aliphatic rings. The molecule has 108 valence electrons. The summed E-state index contributed by atoms with van der Waals surface area (Å²) in [6.07, 6.45) is 0.380. The van der Waals surface area contributed by atoms with Gasteiger partial charge in [0.1, 0.15) is 5.82 Å². The zero-order chi connectivity index (χ0) is 14.4. The number of aliphatic hydroxyl groups excluding tert-OH is 1. The lowest BCUT2D eigenvalue weighted by atomic mass is 10.1. The third-order valence-corrected chi connectivity index (χ3v) is 3.20. The van der Waals surface area contributed by atoms with Crippen molar-refractivity contribution < 1.29 is 9.50 Å². The zero-order valence-electron chi connectivity index (χ0n) is 12.4. The Bertz CT molecular complexity index is 394. The number of aliphatic hydroxyl groups is 1. The first-order valence-electron chi connectivity index (χ1n) is 6.83. The molecule has 0 aromatic heterocycles. The van der Waals surface area contributed by atoms with E-state index in [1.807, 2.05) is 0 Å². The Kier molecular flexibility index (Phi) is 6.25. The highest BCUT2D eigenvalue weighted by molar-refractivity contribution is 5.54. The summed E-state index contributed by atoms with van der Waals surface area (Å²) in [5.41, 5.74) is 1.59. The fourth-order valence-electron chi connectivity index (χ4n) is 2.17. The van der Waals surface area contributed by atoms with Gasteiger partial charge in [-0.1, -0.05) is 0 Å². The normalized spacial score (nSPS) is 12.8. The predicted octanol–water partition coefficient (Wildman–Crippen LogP) is 2.66. The van der Waals surface area contributed by atoms with Crippen LogP contribution in [0.25, 0.3) is 0 Å². The second-order valence-corrected chi connectivity index (χ2v) is 5.12. The van der Waals surface area contributed by atoms with Gasteiger partial charge in [-0.05, 0) is 59.1 Å². The Morgan fingerprint density at radius 2 is 1.95 bits per heavy atom. The molecule has 0 saturated heterocycles. The van der Waals surface area contributed by atoms with E-state index >= 15 is 0 Å². The Balaban J connectivity index is 2.85. The quantitative estimate of drug-likeness (QED) is 0.823. The van der Waals surface area contributed by atoms with E-state index in [4.69, 9.17) is 0 Å². The molecule has 1 atom stereocenters. The van der Waals surface area contributed by atoms with Crippen LogP contribution in [-0.2, 0) is 0 Å². The third-order valence-electron chi connectivity index (χ3n) is 3.20. The molecule has 1 rings (SSSR count). The molecule has 1 unspecified atom stereocenters. The largest absolute Gasteiger partial charge is 0.389 e. The summed E-state index contributed by atoms with van der Waals surface area (Å²) in [4.78, 5) is 4.33. The van der Waals surface area contributed by atoms with Crippen molar-refractivity contribution in [2.45, 2.75) is 26.4 Å². The highest BCUT2D eigenvalue weighted by Crippen LogP contribution is 2.27. The van der Waals surface area contributed by atoms with Crippen molar-refractivity contribution in [1.82, 2.24) is 4.90 Å². The maximum atomic E-state index is 13.3. The van der Waals surface area contributed by atoms with Gasteiger partial charge >= 0.3 is 0 Å². The number of nitrogens with zero attached hydrogens (tertiary/aromatic N) is 2. The molecule has 0 radical (unpaired) electrons. The van der Waals surface area contributed by atoms with Crippen molar-refractivity contribution in [3.05, 3.63) is 29.6 Å². The summed E-state index contributed by atoms with van der Waals surface area (Å²) in [5.74, 6) is -0.302. The minimum absolute atomic E-state index is 0.302. The first-order valence-corrected chi connectivity index (χ1v) is 6.83. The standard InChI is InChI=1S/C15H25FN2O/c1-5-18(10-6-9-17(3)4)15-8-7-13(16)11-14(15)12(2)19/h7-8,11-12,19H,5-6,9-10H2,1-4H3. The molecule has 19 heavy (non-hydrogen) atoms. The summed E-state index contributed by atoms with van der Waals surface area (Å²) in [6, 6.07) is 4.64. The highest BCUT2D eigenvalue weighted by Gasteiger charge is 2.14. The lowest BCUT2D eigenvalue weighted by molar-refractivity contribution is 0.199. The van der Waals surface area contributed by atoms with E-state index in [-0.39, 0.29) is 5.82 Å². The first kappa shape index (κ1) is 15.9.